The summed E-state index contributed by atoms with van der Waals surface area (Å²) in [4.78, 5) is 0.849. The number of rotatable bonds is 6. The van der Waals surface area contributed by atoms with E-state index in [2.05, 4.69) is 9.82 Å². The molecule has 0 aromatic carbocycles. The highest BCUT2D eigenvalue weighted by Gasteiger charge is 2.35. The van der Waals surface area contributed by atoms with Gasteiger partial charge < -0.3 is 5.11 Å². The quantitative estimate of drug-likeness (QED) is 0.669. The van der Waals surface area contributed by atoms with Gasteiger partial charge in [-0.3, -0.25) is 4.68 Å². The van der Waals surface area contributed by atoms with Gasteiger partial charge >= 0.3 is 0 Å². The smallest absolute Gasteiger partial charge is 0.244 e. The molecule has 1 unspecified atom stereocenters. The first-order chi connectivity index (χ1) is 11.8. The summed E-state index contributed by atoms with van der Waals surface area (Å²) in [5.74, 6) is 0. The summed E-state index contributed by atoms with van der Waals surface area (Å²) in [7, 11) is -2.10. The molecule has 0 spiro atoms. The highest BCUT2D eigenvalue weighted by Crippen LogP contribution is 2.34. The van der Waals surface area contributed by atoms with Crippen LogP contribution in [-0.2, 0) is 22.7 Å². The van der Waals surface area contributed by atoms with E-state index in [0.717, 1.165) is 0 Å². The third-order valence-corrected chi connectivity index (χ3v) is 7.51. The predicted octanol–water partition coefficient (Wildman–Crippen LogP) is 2.37. The van der Waals surface area contributed by atoms with Crippen molar-refractivity contribution in [3.63, 3.8) is 0 Å². The van der Waals surface area contributed by atoms with E-state index in [-0.39, 0.29) is 11.4 Å². The molecule has 0 bridgehead atoms. The summed E-state index contributed by atoms with van der Waals surface area (Å²) in [6.45, 7) is 3.21. The molecule has 25 heavy (non-hydrogen) atoms. The first-order valence-electron chi connectivity index (χ1n) is 7.54. The third-order valence-electron chi connectivity index (χ3n) is 4.16. The highest BCUT2D eigenvalue weighted by atomic mass is 32.2. The second-order valence-electron chi connectivity index (χ2n) is 5.80. The fourth-order valence-corrected chi connectivity index (χ4v) is 5.82. The summed E-state index contributed by atoms with van der Waals surface area (Å²) in [6, 6.07) is 5.44. The summed E-state index contributed by atoms with van der Waals surface area (Å²) in [5.41, 5.74) is 0.246. The molecule has 9 heteroatoms. The fraction of sp³-hybridized carbons (Fsp3) is 0.312. The van der Waals surface area contributed by atoms with E-state index >= 15 is 0 Å². The largest absolute Gasteiger partial charge is 0.378 e. The van der Waals surface area contributed by atoms with Crippen molar-refractivity contribution < 1.29 is 13.5 Å². The molecule has 0 aliphatic heterocycles. The molecule has 2 N–H and O–H groups in total. The molecule has 0 aliphatic carbocycles. The second kappa shape index (κ2) is 6.65. The van der Waals surface area contributed by atoms with Crippen LogP contribution in [0.2, 0.25) is 0 Å². The van der Waals surface area contributed by atoms with Crippen LogP contribution in [0, 0.1) is 13.8 Å². The molecular weight excluding hydrogens is 378 g/mol. The summed E-state index contributed by atoms with van der Waals surface area (Å²) < 4.78 is 29.7. The Labute approximate surface area is 154 Å². The van der Waals surface area contributed by atoms with Crippen LogP contribution in [0.3, 0.4) is 0 Å². The lowest BCUT2D eigenvalue weighted by atomic mass is 9.95. The molecule has 0 saturated carbocycles. The van der Waals surface area contributed by atoms with Crippen molar-refractivity contribution in [3.05, 3.63) is 56.2 Å². The minimum atomic E-state index is -3.80. The average molecular weight is 398 g/mol. The number of hydrogen-bond acceptors (Lipinski definition) is 6. The number of aliphatic hydroxyl groups is 1. The SMILES string of the molecule is Cc1nn(C)c(C)c1S(=O)(=O)NCC(O)(c1ccsc1)c1cccs1. The summed E-state index contributed by atoms with van der Waals surface area (Å²) in [5, 5.41) is 21.0. The van der Waals surface area contributed by atoms with Crippen molar-refractivity contribution in [1.82, 2.24) is 14.5 Å². The lowest BCUT2D eigenvalue weighted by Crippen LogP contribution is -2.41. The zero-order valence-corrected chi connectivity index (χ0v) is 16.5. The monoisotopic (exact) mass is 397 g/mol. The average Bonchev–Trinajstić information content (AvgIpc) is 3.28. The standard InChI is InChI=1S/C16H19N3O3S3/c1-11-15(12(2)19(3)18-11)25(21,22)17-10-16(20,13-6-8-23-9-13)14-5-4-7-24-14/h4-9,17,20H,10H2,1-3H3. The van der Waals surface area contributed by atoms with Crippen LogP contribution in [0.4, 0.5) is 0 Å². The summed E-state index contributed by atoms with van der Waals surface area (Å²) >= 11 is 2.84. The molecule has 6 nitrogen and oxygen atoms in total. The van der Waals surface area contributed by atoms with Crippen LogP contribution < -0.4 is 4.72 Å². The molecule has 3 rings (SSSR count). The normalized spacial score (nSPS) is 14.6. The topological polar surface area (TPSA) is 84.2 Å². The minimum Gasteiger partial charge on any atom is -0.378 e. The van der Waals surface area contributed by atoms with E-state index in [9.17, 15) is 13.5 Å². The molecule has 134 valence electrons. The van der Waals surface area contributed by atoms with E-state index in [1.54, 1.807) is 33.0 Å². The molecule has 0 fully saturated rings. The highest BCUT2D eigenvalue weighted by molar-refractivity contribution is 7.89. The maximum absolute atomic E-state index is 12.8. The van der Waals surface area contributed by atoms with E-state index < -0.39 is 15.6 Å². The maximum atomic E-state index is 12.8. The predicted molar refractivity (Wildman–Crippen MR) is 99.5 cm³/mol. The van der Waals surface area contributed by atoms with Gasteiger partial charge in [0, 0.05) is 24.0 Å². The molecule has 0 radical (unpaired) electrons. The molecular formula is C16H19N3O3S3. The number of nitrogens with zero attached hydrogens (tertiary/aromatic N) is 2. The minimum absolute atomic E-state index is 0.152. The Morgan fingerprint density at radius 3 is 2.60 bits per heavy atom. The third kappa shape index (κ3) is 3.30. The number of aromatic nitrogens is 2. The van der Waals surface area contributed by atoms with Gasteiger partial charge in [-0.2, -0.15) is 16.4 Å². The Kier molecular flexibility index (Phi) is 4.86. The zero-order valence-electron chi connectivity index (χ0n) is 14.1. The van der Waals surface area contributed by atoms with E-state index in [1.165, 1.54) is 27.4 Å². The Morgan fingerprint density at radius 1 is 1.32 bits per heavy atom. The molecule has 3 aromatic heterocycles. The van der Waals surface area contributed by atoms with E-state index in [0.29, 0.717) is 21.8 Å². The molecule has 3 heterocycles. The molecule has 0 aliphatic rings. The van der Waals surface area contributed by atoms with Gasteiger partial charge in [-0.05, 0) is 42.1 Å². The van der Waals surface area contributed by atoms with E-state index in [4.69, 9.17) is 0 Å². The molecule has 3 aromatic rings. The van der Waals surface area contributed by atoms with Crippen molar-refractivity contribution in [3.8, 4) is 0 Å². The van der Waals surface area contributed by atoms with Crippen LogP contribution in [-0.4, -0.2) is 29.8 Å². The first-order valence-corrected chi connectivity index (χ1v) is 10.8. The van der Waals surface area contributed by atoms with Crippen molar-refractivity contribution in [2.24, 2.45) is 7.05 Å². The lowest BCUT2D eigenvalue weighted by Gasteiger charge is -2.27. The number of sulfonamides is 1. The second-order valence-corrected chi connectivity index (χ2v) is 9.23. The Hall–Kier alpha value is -1.52. The van der Waals surface area contributed by atoms with Crippen LogP contribution in [0.1, 0.15) is 21.8 Å². The number of thiophene rings is 2. The van der Waals surface area contributed by atoms with Crippen molar-refractivity contribution >= 4 is 32.7 Å². The van der Waals surface area contributed by atoms with Crippen LogP contribution in [0.5, 0.6) is 0 Å². The first kappa shape index (κ1) is 18.3. The van der Waals surface area contributed by atoms with Gasteiger partial charge in [0.1, 0.15) is 10.5 Å². The number of aryl methyl sites for hydroxylation is 2. The van der Waals surface area contributed by atoms with Crippen LogP contribution in [0.25, 0.3) is 0 Å². The van der Waals surface area contributed by atoms with Gasteiger partial charge in [-0.25, -0.2) is 13.1 Å². The van der Waals surface area contributed by atoms with Crippen LogP contribution >= 0.6 is 22.7 Å². The molecule has 1 atom stereocenters. The van der Waals surface area contributed by atoms with Gasteiger partial charge in [-0.1, -0.05) is 6.07 Å². The van der Waals surface area contributed by atoms with Crippen molar-refractivity contribution in [2.75, 3.05) is 6.54 Å². The fourth-order valence-electron chi connectivity index (χ4n) is 2.76. The zero-order chi connectivity index (χ0) is 18.2. The van der Waals surface area contributed by atoms with Gasteiger partial charge in [0.05, 0.1) is 11.4 Å². The van der Waals surface area contributed by atoms with E-state index in [1.807, 2.05) is 22.2 Å². The lowest BCUT2D eigenvalue weighted by molar-refractivity contribution is 0.0903. The molecule has 0 amide bonds. The Balaban J connectivity index is 1.94. The Morgan fingerprint density at radius 2 is 2.08 bits per heavy atom. The van der Waals surface area contributed by atoms with Gasteiger partial charge in [0.15, 0.2) is 0 Å². The Bertz CT molecular complexity index is 924. The van der Waals surface area contributed by atoms with Crippen LogP contribution in [0.15, 0.2) is 39.2 Å². The van der Waals surface area contributed by atoms with Crippen molar-refractivity contribution in [2.45, 2.75) is 24.3 Å². The van der Waals surface area contributed by atoms with Gasteiger partial charge in [-0.15, -0.1) is 11.3 Å². The van der Waals surface area contributed by atoms with Gasteiger partial charge in [0.2, 0.25) is 10.0 Å². The van der Waals surface area contributed by atoms with Gasteiger partial charge in [0.25, 0.3) is 0 Å². The van der Waals surface area contributed by atoms with Crippen molar-refractivity contribution in [1.29, 1.82) is 0 Å². The number of hydrogen-bond donors (Lipinski definition) is 2. The molecule has 0 saturated heterocycles. The maximum Gasteiger partial charge on any atom is 0.244 e. The number of nitrogens with one attached hydrogen (secondary N) is 1. The summed E-state index contributed by atoms with van der Waals surface area (Å²) in [6.07, 6.45) is 0.